The Morgan fingerprint density at radius 2 is 2.22 bits per heavy atom. The van der Waals surface area contributed by atoms with Gasteiger partial charge in [0.05, 0.1) is 12.7 Å². The summed E-state index contributed by atoms with van der Waals surface area (Å²) in [6, 6.07) is 5.21. The van der Waals surface area contributed by atoms with Crippen molar-refractivity contribution in [3.05, 3.63) is 23.8 Å². The highest BCUT2D eigenvalue weighted by molar-refractivity contribution is 7.99. The highest BCUT2D eigenvalue weighted by Crippen LogP contribution is 2.22. The molecule has 0 atom stereocenters. The van der Waals surface area contributed by atoms with Gasteiger partial charge < -0.3 is 15.4 Å². The molecule has 0 radical (unpaired) electrons. The van der Waals surface area contributed by atoms with Gasteiger partial charge in [-0.3, -0.25) is 4.79 Å². The number of nitrogen functional groups attached to an aromatic ring is 1. The van der Waals surface area contributed by atoms with E-state index in [1.807, 2.05) is 16.7 Å². The first kappa shape index (κ1) is 13.1. The third-order valence-electron chi connectivity index (χ3n) is 3.00. The number of anilines is 1. The van der Waals surface area contributed by atoms with Crippen LogP contribution in [0.1, 0.15) is 16.8 Å². The molecule has 2 rings (SSSR count). The van der Waals surface area contributed by atoms with Crippen LogP contribution in [-0.4, -0.2) is 42.5 Å². The van der Waals surface area contributed by atoms with Crippen LogP contribution >= 0.6 is 11.8 Å². The molecule has 0 bridgehead atoms. The van der Waals surface area contributed by atoms with E-state index in [2.05, 4.69) is 0 Å². The normalized spacial score (nSPS) is 16.2. The summed E-state index contributed by atoms with van der Waals surface area (Å²) in [5.74, 6) is 2.83. The van der Waals surface area contributed by atoms with E-state index in [0.29, 0.717) is 17.0 Å². The van der Waals surface area contributed by atoms with Crippen LogP contribution in [0, 0.1) is 0 Å². The van der Waals surface area contributed by atoms with Crippen LogP contribution < -0.4 is 10.5 Å². The number of carbonyl (C=O) groups is 1. The van der Waals surface area contributed by atoms with Gasteiger partial charge in [-0.2, -0.15) is 11.8 Å². The van der Waals surface area contributed by atoms with Crippen molar-refractivity contribution in [1.82, 2.24) is 4.90 Å². The molecule has 1 aromatic rings. The van der Waals surface area contributed by atoms with Crippen LogP contribution in [0.3, 0.4) is 0 Å². The molecule has 98 valence electrons. The van der Waals surface area contributed by atoms with E-state index in [4.69, 9.17) is 10.5 Å². The number of hydrogen-bond donors (Lipinski definition) is 1. The molecule has 1 aliphatic heterocycles. The third-order valence-corrected chi connectivity index (χ3v) is 4.05. The molecule has 1 aromatic carbocycles. The van der Waals surface area contributed by atoms with Gasteiger partial charge >= 0.3 is 0 Å². The van der Waals surface area contributed by atoms with E-state index in [1.54, 1.807) is 25.3 Å². The smallest absolute Gasteiger partial charge is 0.255 e. The Balaban J connectivity index is 2.16. The number of rotatable bonds is 2. The van der Waals surface area contributed by atoms with E-state index < -0.39 is 0 Å². The Kier molecular flexibility index (Phi) is 4.36. The van der Waals surface area contributed by atoms with Crippen LogP contribution in [0.4, 0.5) is 5.69 Å². The van der Waals surface area contributed by atoms with Crippen molar-refractivity contribution in [3.63, 3.8) is 0 Å². The average molecular weight is 266 g/mol. The Hall–Kier alpha value is -1.36. The van der Waals surface area contributed by atoms with Crippen LogP contribution in [0.5, 0.6) is 5.75 Å². The molecule has 1 heterocycles. The molecule has 4 nitrogen and oxygen atoms in total. The maximum absolute atomic E-state index is 12.4. The summed E-state index contributed by atoms with van der Waals surface area (Å²) in [4.78, 5) is 14.3. The molecular weight excluding hydrogens is 248 g/mol. The van der Waals surface area contributed by atoms with Crippen molar-refractivity contribution in [3.8, 4) is 5.75 Å². The van der Waals surface area contributed by atoms with Crippen molar-refractivity contribution in [2.24, 2.45) is 0 Å². The minimum absolute atomic E-state index is 0.0256. The molecule has 18 heavy (non-hydrogen) atoms. The number of nitrogens with two attached hydrogens (primary N) is 1. The third kappa shape index (κ3) is 2.90. The van der Waals surface area contributed by atoms with Crippen molar-refractivity contribution in [2.45, 2.75) is 6.42 Å². The summed E-state index contributed by atoms with van der Waals surface area (Å²) in [6.45, 7) is 1.62. The second kappa shape index (κ2) is 6.00. The van der Waals surface area contributed by atoms with Crippen LogP contribution in [0.15, 0.2) is 18.2 Å². The molecule has 1 amide bonds. The number of benzene rings is 1. The molecule has 1 fully saturated rings. The molecule has 0 spiro atoms. The monoisotopic (exact) mass is 266 g/mol. The molecule has 0 aliphatic carbocycles. The number of hydrogen-bond acceptors (Lipinski definition) is 4. The van der Waals surface area contributed by atoms with E-state index >= 15 is 0 Å². The van der Waals surface area contributed by atoms with Crippen molar-refractivity contribution < 1.29 is 9.53 Å². The highest BCUT2D eigenvalue weighted by atomic mass is 32.2. The molecule has 1 saturated heterocycles. The lowest BCUT2D eigenvalue weighted by Crippen LogP contribution is -2.33. The largest absolute Gasteiger partial charge is 0.497 e. The lowest BCUT2D eigenvalue weighted by molar-refractivity contribution is 0.0769. The molecule has 0 saturated carbocycles. The number of nitrogens with zero attached hydrogens (tertiary/aromatic N) is 1. The molecule has 2 N–H and O–H groups in total. The lowest BCUT2D eigenvalue weighted by atomic mass is 10.1. The van der Waals surface area contributed by atoms with Gasteiger partial charge in [-0.25, -0.2) is 0 Å². The van der Waals surface area contributed by atoms with Gasteiger partial charge in [0, 0.05) is 30.6 Å². The molecule has 0 aromatic heterocycles. The first-order valence-electron chi connectivity index (χ1n) is 6.03. The van der Waals surface area contributed by atoms with Crippen LogP contribution in [-0.2, 0) is 0 Å². The van der Waals surface area contributed by atoms with Gasteiger partial charge in [0.25, 0.3) is 5.91 Å². The predicted molar refractivity (Wildman–Crippen MR) is 75.3 cm³/mol. The number of methoxy groups -OCH3 is 1. The fraction of sp³-hybridized carbons (Fsp3) is 0.462. The topological polar surface area (TPSA) is 55.6 Å². The van der Waals surface area contributed by atoms with E-state index in [-0.39, 0.29) is 5.91 Å². The fourth-order valence-corrected chi connectivity index (χ4v) is 2.87. The van der Waals surface area contributed by atoms with E-state index in [1.165, 1.54) is 0 Å². The second-order valence-corrected chi connectivity index (χ2v) is 5.44. The minimum Gasteiger partial charge on any atom is -0.497 e. The number of carbonyl (C=O) groups excluding carboxylic acids is 1. The quantitative estimate of drug-likeness (QED) is 0.830. The zero-order chi connectivity index (χ0) is 13.0. The predicted octanol–water partition coefficient (Wildman–Crippen LogP) is 1.86. The second-order valence-electron chi connectivity index (χ2n) is 4.21. The summed E-state index contributed by atoms with van der Waals surface area (Å²) in [7, 11) is 1.59. The average Bonchev–Trinajstić information content (AvgIpc) is 2.66. The van der Waals surface area contributed by atoms with E-state index in [0.717, 1.165) is 31.0 Å². The van der Waals surface area contributed by atoms with Gasteiger partial charge in [0.1, 0.15) is 5.75 Å². The van der Waals surface area contributed by atoms with Crippen molar-refractivity contribution in [1.29, 1.82) is 0 Å². The fourth-order valence-electron chi connectivity index (χ4n) is 1.98. The Morgan fingerprint density at radius 3 is 2.94 bits per heavy atom. The molecule has 0 unspecified atom stereocenters. The van der Waals surface area contributed by atoms with E-state index in [9.17, 15) is 4.79 Å². The zero-order valence-electron chi connectivity index (χ0n) is 10.5. The maximum atomic E-state index is 12.4. The summed E-state index contributed by atoms with van der Waals surface area (Å²) in [5.41, 5.74) is 6.97. The standard InChI is InChI=1S/C13H18N2O2S/c1-17-10-3-4-11(12(14)9-10)13(16)15-5-2-7-18-8-6-15/h3-4,9H,2,5-8,14H2,1H3. The SMILES string of the molecule is COc1ccc(C(=O)N2CCCSCC2)c(N)c1. The number of thioether (sulfide) groups is 1. The van der Waals surface area contributed by atoms with Gasteiger partial charge in [0.2, 0.25) is 0 Å². The number of amides is 1. The summed E-state index contributed by atoms with van der Waals surface area (Å²) >= 11 is 1.90. The van der Waals surface area contributed by atoms with Gasteiger partial charge in [0.15, 0.2) is 0 Å². The molecule has 5 heteroatoms. The first-order valence-corrected chi connectivity index (χ1v) is 7.18. The first-order chi connectivity index (χ1) is 8.72. The molecular formula is C13H18N2O2S. The maximum Gasteiger partial charge on any atom is 0.255 e. The Labute approximate surface area is 111 Å². The summed E-state index contributed by atoms with van der Waals surface area (Å²) in [5, 5.41) is 0. The molecule has 1 aliphatic rings. The minimum atomic E-state index is 0.0256. The van der Waals surface area contributed by atoms with Gasteiger partial charge in [-0.15, -0.1) is 0 Å². The summed E-state index contributed by atoms with van der Waals surface area (Å²) in [6.07, 6.45) is 1.05. The lowest BCUT2D eigenvalue weighted by Gasteiger charge is -2.21. The Bertz CT molecular complexity index is 429. The summed E-state index contributed by atoms with van der Waals surface area (Å²) < 4.78 is 5.09. The van der Waals surface area contributed by atoms with Crippen molar-refractivity contribution >= 4 is 23.4 Å². The van der Waals surface area contributed by atoms with Crippen LogP contribution in [0.25, 0.3) is 0 Å². The zero-order valence-corrected chi connectivity index (χ0v) is 11.3. The van der Waals surface area contributed by atoms with Gasteiger partial charge in [-0.1, -0.05) is 0 Å². The Morgan fingerprint density at radius 1 is 1.39 bits per heavy atom. The van der Waals surface area contributed by atoms with Gasteiger partial charge in [-0.05, 0) is 24.3 Å². The highest BCUT2D eigenvalue weighted by Gasteiger charge is 2.19. The van der Waals surface area contributed by atoms with Crippen LogP contribution in [0.2, 0.25) is 0 Å². The van der Waals surface area contributed by atoms with Crippen molar-refractivity contribution in [2.75, 3.05) is 37.4 Å². The number of ether oxygens (including phenoxy) is 1.